The molecule has 5 rings (SSSR count). The third-order valence-electron chi connectivity index (χ3n) is 8.92. The number of nitrogens with one attached hydrogen (secondary N) is 2. The number of oxazole rings is 1. The number of rotatable bonds is 15. The Balaban J connectivity index is 1.15. The molecule has 1 atom stereocenters. The second kappa shape index (κ2) is 16.3. The number of halogens is 1. The zero-order valence-electron chi connectivity index (χ0n) is 26.3. The fourth-order valence-electron chi connectivity index (χ4n) is 6.45. The number of sulfonamides is 1. The highest BCUT2D eigenvalue weighted by atomic mass is 35.5. The summed E-state index contributed by atoms with van der Waals surface area (Å²) in [6, 6.07) is 8.44. The van der Waals surface area contributed by atoms with E-state index in [0.29, 0.717) is 41.2 Å². The predicted molar refractivity (Wildman–Crippen MR) is 178 cm³/mol. The van der Waals surface area contributed by atoms with Gasteiger partial charge in [0, 0.05) is 19.5 Å². The Labute approximate surface area is 280 Å². The maximum atomic E-state index is 12.8. The quantitative estimate of drug-likeness (QED) is 0.170. The summed E-state index contributed by atoms with van der Waals surface area (Å²) in [6.45, 7) is 2.00. The van der Waals surface area contributed by atoms with Gasteiger partial charge in [0.25, 0.3) is 15.9 Å². The molecular formula is C33H43ClN4O6S2. The minimum absolute atomic E-state index is 0.00639. The molecule has 2 amide bonds. The van der Waals surface area contributed by atoms with Crippen LogP contribution in [0.25, 0.3) is 0 Å². The molecule has 1 saturated carbocycles. The Kier molecular flexibility index (Phi) is 12.2. The first-order valence-electron chi connectivity index (χ1n) is 16.2. The number of aryl methyl sites for hydroxylation is 1. The van der Waals surface area contributed by atoms with E-state index >= 15 is 0 Å². The third kappa shape index (κ3) is 9.33. The van der Waals surface area contributed by atoms with Crippen molar-refractivity contribution >= 4 is 44.8 Å². The summed E-state index contributed by atoms with van der Waals surface area (Å²) in [7, 11) is -2.38. The van der Waals surface area contributed by atoms with Gasteiger partial charge in [-0.05, 0) is 73.5 Å². The number of thiophene rings is 1. The number of benzene rings is 1. The van der Waals surface area contributed by atoms with Gasteiger partial charge in [0.2, 0.25) is 11.8 Å². The van der Waals surface area contributed by atoms with Crippen LogP contribution in [0.1, 0.15) is 104 Å². The first-order chi connectivity index (χ1) is 22.2. The van der Waals surface area contributed by atoms with Crippen molar-refractivity contribution in [1.29, 1.82) is 0 Å². The van der Waals surface area contributed by atoms with Crippen molar-refractivity contribution in [2.75, 3.05) is 20.2 Å². The minimum Gasteiger partial charge on any atom is -0.497 e. The number of nitrogens with zero attached hydrogens (tertiary/aromatic N) is 2. The molecule has 46 heavy (non-hydrogen) atoms. The van der Waals surface area contributed by atoms with Crippen LogP contribution in [0.15, 0.2) is 45.2 Å². The molecule has 1 aliphatic heterocycles. The molecular weight excluding hydrogens is 648 g/mol. The summed E-state index contributed by atoms with van der Waals surface area (Å²) >= 11 is 6.76. The highest BCUT2D eigenvalue weighted by Gasteiger charge is 2.31. The van der Waals surface area contributed by atoms with E-state index in [4.69, 9.17) is 20.8 Å². The number of hydrogen-bond acceptors (Lipinski definition) is 9. The van der Waals surface area contributed by atoms with Crippen molar-refractivity contribution < 1.29 is 27.2 Å². The largest absolute Gasteiger partial charge is 0.497 e. The molecule has 1 saturated heterocycles. The Morgan fingerprint density at radius 3 is 2.67 bits per heavy atom. The number of carbonyl (C=O) groups excluding carboxylic acids is 2. The van der Waals surface area contributed by atoms with Gasteiger partial charge >= 0.3 is 0 Å². The first-order valence-corrected chi connectivity index (χ1v) is 18.8. The van der Waals surface area contributed by atoms with Gasteiger partial charge in [-0.3, -0.25) is 14.5 Å². The lowest BCUT2D eigenvalue weighted by molar-refractivity contribution is -0.119. The van der Waals surface area contributed by atoms with E-state index < -0.39 is 15.9 Å². The van der Waals surface area contributed by atoms with Crippen LogP contribution in [0.3, 0.4) is 0 Å². The molecule has 250 valence electrons. The molecule has 13 heteroatoms. The van der Waals surface area contributed by atoms with E-state index in [0.717, 1.165) is 60.6 Å². The van der Waals surface area contributed by atoms with Crippen molar-refractivity contribution in [3.63, 3.8) is 0 Å². The van der Waals surface area contributed by atoms with Crippen LogP contribution < -0.4 is 14.8 Å². The van der Waals surface area contributed by atoms with Crippen LogP contribution in [0, 0.1) is 5.92 Å². The molecule has 0 unspecified atom stereocenters. The number of amides is 2. The molecule has 3 heterocycles. The Morgan fingerprint density at radius 1 is 1.09 bits per heavy atom. The van der Waals surface area contributed by atoms with Crippen LogP contribution in [0.4, 0.5) is 0 Å². The molecule has 2 aliphatic rings. The van der Waals surface area contributed by atoms with Gasteiger partial charge in [-0.15, -0.1) is 11.3 Å². The van der Waals surface area contributed by atoms with Gasteiger partial charge in [-0.2, -0.15) is 0 Å². The fraction of sp³-hybridized carbons (Fsp3) is 0.545. The van der Waals surface area contributed by atoms with Gasteiger partial charge in [-0.1, -0.05) is 62.6 Å². The average molecular weight is 691 g/mol. The van der Waals surface area contributed by atoms with Crippen molar-refractivity contribution in [3.05, 3.63) is 63.6 Å². The van der Waals surface area contributed by atoms with Gasteiger partial charge in [-0.25, -0.2) is 18.1 Å². The minimum atomic E-state index is -3.98. The van der Waals surface area contributed by atoms with Crippen LogP contribution >= 0.6 is 22.9 Å². The average Bonchev–Trinajstić information content (AvgIpc) is 3.82. The van der Waals surface area contributed by atoms with Crippen LogP contribution in [0.2, 0.25) is 4.34 Å². The Morgan fingerprint density at radius 2 is 1.91 bits per heavy atom. The van der Waals surface area contributed by atoms with E-state index in [2.05, 4.69) is 19.9 Å². The van der Waals surface area contributed by atoms with Gasteiger partial charge in [0.1, 0.15) is 16.2 Å². The van der Waals surface area contributed by atoms with Crippen molar-refractivity contribution in [3.8, 4) is 5.75 Å². The molecule has 3 aromatic rings. The molecule has 0 spiro atoms. The lowest BCUT2D eigenvalue weighted by Crippen LogP contribution is -2.30. The van der Waals surface area contributed by atoms with Gasteiger partial charge < -0.3 is 14.5 Å². The number of aromatic nitrogens is 1. The van der Waals surface area contributed by atoms with Gasteiger partial charge in [0.05, 0.1) is 17.5 Å². The third-order valence-corrected chi connectivity index (χ3v) is 12.0. The fourth-order valence-corrected chi connectivity index (χ4v) is 8.94. The normalized spacial score (nSPS) is 17.7. The van der Waals surface area contributed by atoms with Crippen molar-refractivity contribution in [2.24, 2.45) is 5.92 Å². The Hall–Kier alpha value is -2.93. The maximum absolute atomic E-state index is 12.8. The standard InChI is InChI=1S/C33H43ClN4O6S2/c1-43-26-14-12-24(13-16-30(39)37-46(41,42)31-17-15-29(34)45-31)25(20-26)21-38-19-7-11-28(38)33-36-27(22-44-33)32(40)35-18-6-5-10-23-8-3-2-4-9-23/h12,14-15,17,20,22-23,28H,2-11,13,16,18-19,21H2,1H3,(H,35,40)(H,37,39)/t28-/m0/s1. The van der Waals surface area contributed by atoms with Crippen molar-refractivity contribution in [2.45, 2.75) is 93.8 Å². The number of ether oxygens (including phenoxy) is 1. The highest BCUT2D eigenvalue weighted by molar-refractivity contribution is 7.92. The number of unbranched alkanes of at least 4 members (excludes halogenated alkanes) is 1. The first kappa shape index (κ1) is 34.4. The van der Waals surface area contributed by atoms with E-state index in [1.54, 1.807) is 7.11 Å². The number of methoxy groups -OCH3 is 1. The zero-order valence-corrected chi connectivity index (χ0v) is 28.7. The van der Waals surface area contributed by atoms with Crippen LogP contribution in [-0.2, 0) is 27.8 Å². The molecule has 1 aliphatic carbocycles. The number of carbonyl (C=O) groups is 2. The SMILES string of the molecule is COc1ccc(CCC(=O)NS(=O)(=O)c2ccc(Cl)s2)c(CN2CCC[C@H]2c2nc(C(=O)NCCCCC3CCCCC3)co2)c1. The smallest absolute Gasteiger partial charge is 0.273 e. The molecule has 1 aromatic carbocycles. The van der Waals surface area contributed by atoms with Crippen molar-refractivity contribution in [1.82, 2.24) is 19.9 Å². The summed E-state index contributed by atoms with van der Waals surface area (Å²) < 4.78 is 38.9. The van der Waals surface area contributed by atoms with E-state index in [1.165, 1.54) is 56.9 Å². The molecule has 2 fully saturated rings. The zero-order chi connectivity index (χ0) is 32.5. The monoisotopic (exact) mass is 690 g/mol. The molecule has 2 aromatic heterocycles. The number of likely N-dealkylation sites (tertiary alicyclic amines) is 1. The topological polar surface area (TPSA) is 131 Å². The maximum Gasteiger partial charge on any atom is 0.273 e. The second-order valence-electron chi connectivity index (χ2n) is 12.2. The van der Waals surface area contributed by atoms with Gasteiger partial charge in [0.15, 0.2) is 5.69 Å². The van der Waals surface area contributed by atoms with E-state index in [-0.39, 0.29) is 22.6 Å². The summed E-state index contributed by atoms with van der Waals surface area (Å²) in [6.07, 6.45) is 13.7. The van der Waals surface area contributed by atoms with Crippen LogP contribution in [-0.4, -0.2) is 50.3 Å². The predicted octanol–water partition coefficient (Wildman–Crippen LogP) is 6.65. The van der Waals surface area contributed by atoms with E-state index in [9.17, 15) is 18.0 Å². The Bertz CT molecular complexity index is 1580. The van der Waals surface area contributed by atoms with E-state index in [1.807, 2.05) is 18.2 Å². The second-order valence-corrected chi connectivity index (χ2v) is 15.8. The molecule has 0 bridgehead atoms. The summed E-state index contributed by atoms with van der Waals surface area (Å²) in [5.74, 6) is 1.24. The van der Waals surface area contributed by atoms with Crippen LogP contribution in [0.5, 0.6) is 5.75 Å². The molecule has 2 N–H and O–H groups in total. The highest BCUT2D eigenvalue weighted by Crippen LogP contribution is 2.34. The summed E-state index contributed by atoms with van der Waals surface area (Å²) in [5, 5.41) is 2.99. The molecule has 0 radical (unpaired) electrons. The lowest BCUT2D eigenvalue weighted by atomic mass is 9.86. The number of hydrogen-bond donors (Lipinski definition) is 2. The molecule has 10 nitrogen and oxygen atoms in total. The summed E-state index contributed by atoms with van der Waals surface area (Å²) in [4.78, 5) is 32.2. The lowest BCUT2D eigenvalue weighted by Gasteiger charge is -2.23. The summed E-state index contributed by atoms with van der Waals surface area (Å²) in [5.41, 5.74) is 2.17.